The van der Waals surface area contributed by atoms with Gasteiger partial charge in [-0.3, -0.25) is 4.68 Å². The maximum atomic E-state index is 9.01. The summed E-state index contributed by atoms with van der Waals surface area (Å²) in [6.07, 6.45) is 6.60. The van der Waals surface area contributed by atoms with E-state index in [2.05, 4.69) is 36.5 Å². The summed E-state index contributed by atoms with van der Waals surface area (Å²) >= 11 is 0. The van der Waals surface area contributed by atoms with E-state index in [-0.39, 0.29) is 0 Å². The van der Waals surface area contributed by atoms with Crippen molar-refractivity contribution >= 4 is 0 Å². The van der Waals surface area contributed by atoms with Crippen LogP contribution in [0.4, 0.5) is 0 Å². The van der Waals surface area contributed by atoms with E-state index in [0.717, 1.165) is 31.6 Å². The Kier molecular flexibility index (Phi) is 4.40. The van der Waals surface area contributed by atoms with Gasteiger partial charge in [-0.05, 0) is 44.1 Å². The van der Waals surface area contributed by atoms with Gasteiger partial charge in [-0.1, -0.05) is 6.92 Å². The highest BCUT2D eigenvalue weighted by atomic mass is 16.3. The second-order valence-electron chi connectivity index (χ2n) is 5.62. The van der Waals surface area contributed by atoms with E-state index in [4.69, 9.17) is 5.11 Å². The minimum absolute atomic E-state index is 0.310. The fourth-order valence-corrected chi connectivity index (χ4v) is 2.29. The molecule has 0 amide bonds. The predicted molar refractivity (Wildman–Crippen MR) is 72.3 cm³/mol. The Morgan fingerprint density at radius 2 is 2.33 bits per heavy atom. The quantitative estimate of drug-likeness (QED) is 0.744. The van der Waals surface area contributed by atoms with Gasteiger partial charge in [0.15, 0.2) is 0 Å². The van der Waals surface area contributed by atoms with E-state index >= 15 is 0 Å². The predicted octanol–water partition coefficient (Wildman–Crippen LogP) is 2.11. The van der Waals surface area contributed by atoms with E-state index < -0.39 is 0 Å². The average Bonchev–Trinajstić information content (AvgIpc) is 2.96. The summed E-state index contributed by atoms with van der Waals surface area (Å²) in [6.45, 7) is 6.51. The fourth-order valence-electron chi connectivity index (χ4n) is 2.29. The van der Waals surface area contributed by atoms with Crippen molar-refractivity contribution in [3.05, 3.63) is 18.0 Å². The Bertz CT molecular complexity index is 371. The summed E-state index contributed by atoms with van der Waals surface area (Å²) in [5.74, 6) is 0. The van der Waals surface area contributed by atoms with Gasteiger partial charge in [-0.2, -0.15) is 5.10 Å². The number of aliphatic hydroxyl groups is 1. The zero-order valence-electron chi connectivity index (χ0n) is 11.5. The zero-order chi connectivity index (χ0) is 13.0. The third kappa shape index (κ3) is 3.33. The van der Waals surface area contributed by atoms with Crippen LogP contribution in [-0.2, 0) is 6.54 Å². The number of nitrogens with zero attached hydrogens (tertiary/aromatic N) is 2. The number of aromatic nitrogens is 2. The molecule has 1 heterocycles. The molecule has 1 fully saturated rings. The Balaban J connectivity index is 1.75. The van der Waals surface area contributed by atoms with E-state index in [0.29, 0.717) is 18.1 Å². The molecule has 0 radical (unpaired) electrons. The van der Waals surface area contributed by atoms with Crippen LogP contribution in [0.25, 0.3) is 0 Å². The van der Waals surface area contributed by atoms with Crippen LogP contribution in [0.15, 0.2) is 12.3 Å². The molecule has 1 aromatic heterocycles. The molecule has 1 aromatic rings. The molecule has 1 unspecified atom stereocenters. The molecule has 2 rings (SSSR count). The second-order valence-corrected chi connectivity index (χ2v) is 5.62. The third-order valence-electron chi connectivity index (χ3n) is 4.11. The summed E-state index contributed by atoms with van der Waals surface area (Å²) in [7, 11) is 0. The molecule has 1 aliphatic carbocycles. The van der Waals surface area contributed by atoms with Crippen LogP contribution in [0.2, 0.25) is 0 Å². The Labute approximate surface area is 109 Å². The van der Waals surface area contributed by atoms with Crippen molar-refractivity contribution in [2.24, 2.45) is 5.41 Å². The van der Waals surface area contributed by atoms with Gasteiger partial charge in [0.1, 0.15) is 0 Å². The highest BCUT2D eigenvalue weighted by Gasteiger charge is 2.41. The number of rotatable bonds is 8. The van der Waals surface area contributed by atoms with Crippen molar-refractivity contribution in [3.63, 3.8) is 0 Å². The van der Waals surface area contributed by atoms with Crippen LogP contribution in [-0.4, -0.2) is 28.0 Å². The minimum Gasteiger partial charge on any atom is -0.396 e. The van der Waals surface area contributed by atoms with Gasteiger partial charge in [0.2, 0.25) is 0 Å². The molecular weight excluding hydrogens is 226 g/mol. The average molecular weight is 251 g/mol. The Morgan fingerprint density at radius 3 is 2.94 bits per heavy atom. The summed E-state index contributed by atoms with van der Waals surface area (Å²) in [5.41, 5.74) is 1.49. The van der Waals surface area contributed by atoms with Gasteiger partial charge in [-0.25, -0.2) is 0 Å². The molecule has 4 heteroatoms. The van der Waals surface area contributed by atoms with Gasteiger partial charge in [0.05, 0.1) is 5.69 Å². The van der Waals surface area contributed by atoms with Crippen molar-refractivity contribution in [2.75, 3.05) is 13.2 Å². The molecule has 0 aliphatic heterocycles. The topological polar surface area (TPSA) is 50.1 Å². The molecule has 2 N–H and O–H groups in total. The van der Waals surface area contributed by atoms with Crippen LogP contribution >= 0.6 is 0 Å². The number of hydrogen-bond donors (Lipinski definition) is 2. The number of aliphatic hydroxyl groups excluding tert-OH is 1. The molecule has 0 bridgehead atoms. The molecule has 18 heavy (non-hydrogen) atoms. The van der Waals surface area contributed by atoms with Crippen LogP contribution in [0.1, 0.15) is 51.3 Å². The largest absolute Gasteiger partial charge is 0.396 e. The maximum absolute atomic E-state index is 9.01. The van der Waals surface area contributed by atoms with Crippen LogP contribution in [0.3, 0.4) is 0 Å². The van der Waals surface area contributed by atoms with E-state index in [9.17, 15) is 0 Å². The highest BCUT2D eigenvalue weighted by molar-refractivity contribution is 5.01. The van der Waals surface area contributed by atoms with E-state index in [1.807, 2.05) is 4.68 Å². The molecule has 1 atom stereocenters. The lowest BCUT2D eigenvalue weighted by atomic mass is 10.0. The van der Waals surface area contributed by atoms with Crippen molar-refractivity contribution in [1.29, 1.82) is 0 Å². The molecule has 0 spiro atoms. The summed E-state index contributed by atoms with van der Waals surface area (Å²) in [5, 5.41) is 17.1. The lowest BCUT2D eigenvalue weighted by Crippen LogP contribution is -2.24. The Morgan fingerprint density at radius 1 is 1.56 bits per heavy atom. The van der Waals surface area contributed by atoms with Crippen molar-refractivity contribution < 1.29 is 5.11 Å². The lowest BCUT2D eigenvalue weighted by Gasteiger charge is -2.13. The molecular formula is C14H25N3O. The SMILES string of the molecule is CCC(C)n1ccc(CNCC2(CCO)CC2)n1. The van der Waals surface area contributed by atoms with Crippen LogP contribution in [0.5, 0.6) is 0 Å². The number of hydrogen-bond acceptors (Lipinski definition) is 3. The smallest absolute Gasteiger partial charge is 0.0762 e. The standard InChI is InChI=1S/C14H25N3O/c1-3-12(2)17-8-4-13(16-17)10-15-11-14(5-6-14)7-9-18/h4,8,12,15,18H,3,5-7,9-11H2,1-2H3. The zero-order valence-corrected chi connectivity index (χ0v) is 11.5. The summed E-state index contributed by atoms with van der Waals surface area (Å²) in [4.78, 5) is 0. The van der Waals surface area contributed by atoms with Crippen molar-refractivity contribution in [3.8, 4) is 0 Å². The highest BCUT2D eigenvalue weighted by Crippen LogP contribution is 2.47. The second kappa shape index (κ2) is 5.85. The van der Waals surface area contributed by atoms with Gasteiger partial charge in [0, 0.05) is 31.9 Å². The van der Waals surface area contributed by atoms with Crippen LogP contribution in [0, 0.1) is 5.41 Å². The molecule has 1 aliphatic rings. The molecule has 102 valence electrons. The van der Waals surface area contributed by atoms with E-state index in [1.54, 1.807) is 0 Å². The van der Waals surface area contributed by atoms with Gasteiger partial charge < -0.3 is 10.4 Å². The first-order valence-corrected chi connectivity index (χ1v) is 7.05. The van der Waals surface area contributed by atoms with Gasteiger partial charge in [-0.15, -0.1) is 0 Å². The normalized spacial score (nSPS) is 18.8. The molecule has 1 saturated carbocycles. The first kappa shape index (κ1) is 13.6. The monoisotopic (exact) mass is 251 g/mol. The van der Waals surface area contributed by atoms with Gasteiger partial charge >= 0.3 is 0 Å². The molecule has 0 saturated heterocycles. The fraction of sp³-hybridized carbons (Fsp3) is 0.786. The molecule has 4 nitrogen and oxygen atoms in total. The number of nitrogens with one attached hydrogen (secondary N) is 1. The lowest BCUT2D eigenvalue weighted by molar-refractivity contribution is 0.245. The first-order chi connectivity index (χ1) is 8.69. The minimum atomic E-state index is 0.310. The molecule has 0 aromatic carbocycles. The maximum Gasteiger partial charge on any atom is 0.0762 e. The first-order valence-electron chi connectivity index (χ1n) is 7.05. The van der Waals surface area contributed by atoms with Gasteiger partial charge in [0.25, 0.3) is 0 Å². The third-order valence-corrected chi connectivity index (χ3v) is 4.11. The summed E-state index contributed by atoms with van der Waals surface area (Å²) < 4.78 is 2.04. The summed E-state index contributed by atoms with van der Waals surface area (Å²) in [6, 6.07) is 2.56. The van der Waals surface area contributed by atoms with Crippen LogP contribution < -0.4 is 5.32 Å². The van der Waals surface area contributed by atoms with E-state index in [1.165, 1.54) is 12.8 Å². The van der Waals surface area contributed by atoms with Crippen molar-refractivity contribution in [2.45, 2.75) is 52.1 Å². The Hall–Kier alpha value is -0.870. The van der Waals surface area contributed by atoms with Crippen molar-refractivity contribution in [1.82, 2.24) is 15.1 Å².